The van der Waals surface area contributed by atoms with Crippen LogP contribution in [-0.4, -0.2) is 49.3 Å². The number of nitrogens with one attached hydrogen (secondary N) is 1. The lowest BCUT2D eigenvalue weighted by Crippen LogP contribution is -2.42. The molecule has 0 heterocycles. The first-order valence-electron chi connectivity index (χ1n) is 3.30. The fourth-order valence-corrected chi connectivity index (χ4v) is 0.633. The van der Waals surface area contributed by atoms with Gasteiger partial charge in [-0.25, -0.2) is 4.79 Å². The standard InChI is InChI=1S/C6H12N2O4/c1-8(12-2)3-5(4-9)7-6(10)11/h4-5,7H,3H2,1-2H3,(H,10,11). The summed E-state index contributed by atoms with van der Waals surface area (Å²) in [6, 6.07) is -0.757. The van der Waals surface area contributed by atoms with E-state index in [9.17, 15) is 9.59 Å². The zero-order valence-electron chi connectivity index (χ0n) is 6.98. The molecule has 0 aliphatic heterocycles. The molecule has 0 fully saturated rings. The Labute approximate surface area is 70.1 Å². The van der Waals surface area contributed by atoms with Crippen molar-refractivity contribution in [3.63, 3.8) is 0 Å². The van der Waals surface area contributed by atoms with Crippen LogP contribution in [0.2, 0.25) is 0 Å². The fraction of sp³-hybridized carbons (Fsp3) is 0.667. The highest BCUT2D eigenvalue weighted by Crippen LogP contribution is 1.86. The molecule has 6 heteroatoms. The van der Waals surface area contributed by atoms with Gasteiger partial charge in [0.1, 0.15) is 12.3 Å². The normalized spacial score (nSPS) is 12.6. The van der Waals surface area contributed by atoms with Crippen molar-refractivity contribution in [2.75, 3.05) is 20.7 Å². The summed E-state index contributed by atoms with van der Waals surface area (Å²) in [5.74, 6) is 0. The van der Waals surface area contributed by atoms with Crippen LogP contribution < -0.4 is 5.32 Å². The summed E-state index contributed by atoms with van der Waals surface area (Å²) in [7, 11) is 3.03. The molecule has 0 saturated heterocycles. The number of carbonyl (C=O) groups is 2. The van der Waals surface area contributed by atoms with Crippen LogP contribution in [0.25, 0.3) is 0 Å². The second-order valence-corrected chi connectivity index (χ2v) is 2.19. The van der Waals surface area contributed by atoms with Crippen LogP contribution >= 0.6 is 0 Å². The first-order chi connectivity index (χ1) is 5.60. The third kappa shape index (κ3) is 4.64. The number of carbonyl (C=O) groups excluding carboxylic acids is 1. The smallest absolute Gasteiger partial charge is 0.405 e. The molecule has 1 unspecified atom stereocenters. The molecule has 0 aromatic heterocycles. The molecule has 0 bridgehead atoms. The Morgan fingerprint density at radius 2 is 2.42 bits per heavy atom. The Bertz CT molecular complexity index is 162. The number of hydroxylamine groups is 2. The number of nitrogens with zero attached hydrogens (tertiary/aromatic N) is 1. The average Bonchev–Trinajstić information content (AvgIpc) is 2.02. The summed E-state index contributed by atoms with van der Waals surface area (Å²) in [5.41, 5.74) is 0. The molecule has 0 aliphatic carbocycles. The second-order valence-electron chi connectivity index (χ2n) is 2.19. The van der Waals surface area contributed by atoms with E-state index in [1.165, 1.54) is 12.2 Å². The van der Waals surface area contributed by atoms with Crippen molar-refractivity contribution in [3.8, 4) is 0 Å². The number of aldehydes is 1. The van der Waals surface area contributed by atoms with Gasteiger partial charge in [0, 0.05) is 7.05 Å². The highest BCUT2D eigenvalue weighted by atomic mass is 16.7. The van der Waals surface area contributed by atoms with Gasteiger partial charge in [0.15, 0.2) is 0 Å². The largest absolute Gasteiger partial charge is 0.465 e. The van der Waals surface area contributed by atoms with Crippen molar-refractivity contribution in [3.05, 3.63) is 0 Å². The zero-order valence-corrected chi connectivity index (χ0v) is 6.98. The lowest BCUT2D eigenvalue weighted by atomic mass is 10.3. The zero-order chi connectivity index (χ0) is 9.56. The number of hydrogen-bond acceptors (Lipinski definition) is 4. The van der Waals surface area contributed by atoms with Crippen molar-refractivity contribution in [1.29, 1.82) is 0 Å². The molecule has 0 rings (SSSR count). The predicted octanol–water partition coefficient (Wildman–Crippen LogP) is -0.685. The highest BCUT2D eigenvalue weighted by molar-refractivity contribution is 5.71. The maximum absolute atomic E-state index is 10.3. The van der Waals surface area contributed by atoms with E-state index in [0.29, 0.717) is 6.29 Å². The van der Waals surface area contributed by atoms with Crippen LogP contribution in [0.4, 0.5) is 4.79 Å². The minimum Gasteiger partial charge on any atom is -0.465 e. The number of rotatable bonds is 5. The summed E-state index contributed by atoms with van der Waals surface area (Å²) >= 11 is 0. The lowest BCUT2D eigenvalue weighted by molar-refractivity contribution is -0.124. The average molecular weight is 176 g/mol. The van der Waals surface area contributed by atoms with E-state index in [1.807, 2.05) is 5.32 Å². The Balaban J connectivity index is 3.82. The van der Waals surface area contributed by atoms with Gasteiger partial charge >= 0.3 is 6.09 Å². The SMILES string of the molecule is CON(C)CC(C=O)NC(=O)O. The molecule has 2 N–H and O–H groups in total. The van der Waals surface area contributed by atoms with E-state index in [2.05, 4.69) is 0 Å². The Morgan fingerprint density at radius 1 is 1.83 bits per heavy atom. The molecule has 0 saturated carbocycles. The third-order valence-electron chi connectivity index (χ3n) is 1.24. The highest BCUT2D eigenvalue weighted by Gasteiger charge is 2.11. The molecular weight excluding hydrogens is 164 g/mol. The van der Waals surface area contributed by atoms with Gasteiger partial charge in [-0.1, -0.05) is 0 Å². The molecule has 0 aliphatic rings. The molecule has 0 radical (unpaired) electrons. The van der Waals surface area contributed by atoms with Gasteiger partial charge in [-0.15, -0.1) is 0 Å². The third-order valence-corrected chi connectivity index (χ3v) is 1.24. The minimum absolute atomic E-state index is 0.187. The molecule has 0 spiro atoms. The molecule has 0 aromatic carbocycles. The summed E-state index contributed by atoms with van der Waals surface area (Å²) in [4.78, 5) is 25.1. The van der Waals surface area contributed by atoms with E-state index in [1.54, 1.807) is 7.05 Å². The van der Waals surface area contributed by atoms with Crippen LogP contribution in [0.15, 0.2) is 0 Å². The summed E-state index contributed by atoms with van der Waals surface area (Å²) < 4.78 is 0. The molecule has 12 heavy (non-hydrogen) atoms. The van der Waals surface area contributed by atoms with Gasteiger partial charge in [0.2, 0.25) is 0 Å². The maximum Gasteiger partial charge on any atom is 0.405 e. The first-order valence-corrected chi connectivity index (χ1v) is 3.30. The van der Waals surface area contributed by atoms with E-state index in [4.69, 9.17) is 9.94 Å². The van der Waals surface area contributed by atoms with Gasteiger partial charge in [-0.05, 0) is 0 Å². The van der Waals surface area contributed by atoms with Gasteiger partial charge in [-0.2, -0.15) is 5.06 Å². The molecule has 6 nitrogen and oxygen atoms in total. The van der Waals surface area contributed by atoms with Crippen LogP contribution in [0.1, 0.15) is 0 Å². The quantitative estimate of drug-likeness (QED) is 0.428. The van der Waals surface area contributed by atoms with Gasteiger partial charge in [0.05, 0.1) is 13.7 Å². The van der Waals surface area contributed by atoms with Crippen LogP contribution in [0, 0.1) is 0 Å². The van der Waals surface area contributed by atoms with Gasteiger partial charge in [0.25, 0.3) is 0 Å². The van der Waals surface area contributed by atoms with Crippen molar-refractivity contribution in [2.24, 2.45) is 0 Å². The number of hydrogen-bond donors (Lipinski definition) is 2. The molecular formula is C6H12N2O4. The number of likely N-dealkylation sites (N-methyl/N-ethyl adjacent to an activating group) is 1. The monoisotopic (exact) mass is 176 g/mol. The second kappa shape index (κ2) is 5.50. The number of amides is 1. The Kier molecular flexibility index (Phi) is 4.98. The fourth-order valence-electron chi connectivity index (χ4n) is 0.633. The van der Waals surface area contributed by atoms with Gasteiger partial charge in [-0.3, -0.25) is 0 Å². The van der Waals surface area contributed by atoms with E-state index < -0.39 is 12.1 Å². The summed E-state index contributed by atoms with van der Waals surface area (Å²) in [6.45, 7) is 0.187. The van der Waals surface area contributed by atoms with Crippen molar-refractivity contribution in [1.82, 2.24) is 10.4 Å². The maximum atomic E-state index is 10.3. The summed E-state index contributed by atoms with van der Waals surface area (Å²) in [5, 5.41) is 11.6. The van der Waals surface area contributed by atoms with Crippen molar-refractivity contribution in [2.45, 2.75) is 6.04 Å². The predicted molar refractivity (Wildman–Crippen MR) is 40.7 cm³/mol. The molecule has 1 amide bonds. The van der Waals surface area contributed by atoms with Crippen LogP contribution in [-0.2, 0) is 9.63 Å². The van der Waals surface area contributed by atoms with E-state index in [0.717, 1.165) is 0 Å². The van der Waals surface area contributed by atoms with Crippen molar-refractivity contribution >= 4 is 12.4 Å². The lowest BCUT2D eigenvalue weighted by Gasteiger charge is -2.17. The minimum atomic E-state index is -1.23. The summed E-state index contributed by atoms with van der Waals surface area (Å²) in [6.07, 6.45) is -0.708. The van der Waals surface area contributed by atoms with E-state index in [-0.39, 0.29) is 6.54 Å². The van der Waals surface area contributed by atoms with Crippen molar-refractivity contribution < 1.29 is 19.5 Å². The Morgan fingerprint density at radius 3 is 2.75 bits per heavy atom. The molecule has 1 atom stereocenters. The molecule has 70 valence electrons. The van der Waals surface area contributed by atoms with E-state index >= 15 is 0 Å². The van der Waals surface area contributed by atoms with Gasteiger partial charge < -0.3 is 20.1 Å². The van der Waals surface area contributed by atoms with Crippen LogP contribution in [0.5, 0.6) is 0 Å². The Hall–Kier alpha value is -1.14. The topological polar surface area (TPSA) is 78.9 Å². The molecule has 0 aromatic rings. The first kappa shape index (κ1) is 10.9. The number of carboxylic acid groups (broad SMARTS) is 1. The van der Waals surface area contributed by atoms with Crippen LogP contribution in [0.3, 0.4) is 0 Å².